The first-order valence-corrected chi connectivity index (χ1v) is 6.10. The van der Waals surface area contributed by atoms with Crippen LogP contribution in [-0.4, -0.2) is 24.7 Å². The van der Waals surface area contributed by atoms with Gasteiger partial charge in [0.2, 0.25) is 0 Å². The lowest BCUT2D eigenvalue weighted by atomic mass is 10.1. The van der Waals surface area contributed by atoms with Crippen LogP contribution in [0, 0.1) is 0 Å². The number of hydrogen-bond donors (Lipinski definition) is 2. The van der Waals surface area contributed by atoms with E-state index in [-0.39, 0.29) is 6.04 Å². The highest BCUT2D eigenvalue weighted by molar-refractivity contribution is 9.10. The van der Waals surface area contributed by atoms with Crippen LogP contribution >= 0.6 is 28.1 Å². The third-order valence-electron chi connectivity index (χ3n) is 2.08. The summed E-state index contributed by atoms with van der Waals surface area (Å²) in [7, 11) is 1.67. The van der Waals surface area contributed by atoms with Crippen molar-refractivity contribution >= 4 is 38.8 Å². The molecule has 5 heteroatoms. The lowest BCUT2D eigenvalue weighted by Crippen LogP contribution is -2.23. The maximum atomic E-state index is 5.70. The molecule has 0 bridgehead atoms. The smallest absolute Gasteiger partial charge is 0.107 e. The molecule has 0 spiro atoms. The van der Waals surface area contributed by atoms with E-state index in [2.05, 4.69) is 21.2 Å². The van der Waals surface area contributed by atoms with Crippen LogP contribution in [0.2, 0.25) is 0 Å². The molecule has 0 aromatic heterocycles. The number of rotatable bonds is 5. The van der Waals surface area contributed by atoms with Gasteiger partial charge in [-0.25, -0.2) is 0 Å². The molecule has 0 saturated heterocycles. The Morgan fingerprint density at radius 3 is 2.88 bits per heavy atom. The highest BCUT2D eigenvalue weighted by Crippen LogP contribution is 2.25. The van der Waals surface area contributed by atoms with Gasteiger partial charge in [-0.1, -0.05) is 18.3 Å². The largest absolute Gasteiger partial charge is 0.389 e. The standard InChI is InChI=1S/C11H15BrN2OS/c1-7(6-15-2)14-9-5-3-4-8(12)10(9)11(13)16/h3-5,7,14H,6H2,1-2H3,(H2,13,16). The summed E-state index contributed by atoms with van der Waals surface area (Å²) in [6.07, 6.45) is 0. The Labute approximate surface area is 109 Å². The molecule has 0 amide bonds. The summed E-state index contributed by atoms with van der Waals surface area (Å²) in [4.78, 5) is 0.375. The van der Waals surface area contributed by atoms with E-state index in [0.29, 0.717) is 11.6 Å². The number of nitrogens with two attached hydrogens (primary N) is 1. The molecule has 1 unspecified atom stereocenters. The van der Waals surface area contributed by atoms with Crippen LogP contribution in [0.3, 0.4) is 0 Å². The van der Waals surface area contributed by atoms with Gasteiger partial charge < -0.3 is 15.8 Å². The van der Waals surface area contributed by atoms with Gasteiger partial charge in [0.05, 0.1) is 6.61 Å². The van der Waals surface area contributed by atoms with Crippen LogP contribution in [-0.2, 0) is 4.74 Å². The van der Waals surface area contributed by atoms with Crippen molar-refractivity contribution in [2.24, 2.45) is 5.73 Å². The lowest BCUT2D eigenvalue weighted by Gasteiger charge is -2.17. The molecule has 16 heavy (non-hydrogen) atoms. The Morgan fingerprint density at radius 1 is 1.62 bits per heavy atom. The van der Waals surface area contributed by atoms with Gasteiger partial charge in [-0.05, 0) is 35.0 Å². The van der Waals surface area contributed by atoms with Gasteiger partial charge in [0.15, 0.2) is 0 Å². The number of anilines is 1. The Hall–Kier alpha value is -0.650. The van der Waals surface area contributed by atoms with Crippen LogP contribution in [0.5, 0.6) is 0 Å². The summed E-state index contributed by atoms with van der Waals surface area (Å²) in [5, 5.41) is 3.31. The fourth-order valence-corrected chi connectivity index (χ4v) is 2.38. The Morgan fingerprint density at radius 2 is 2.31 bits per heavy atom. The van der Waals surface area contributed by atoms with Crippen molar-refractivity contribution in [3.05, 3.63) is 28.2 Å². The van der Waals surface area contributed by atoms with Crippen LogP contribution in [0.15, 0.2) is 22.7 Å². The summed E-state index contributed by atoms with van der Waals surface area (Å²) in [5.74, 6) is 0. The highest BCUT2D eigenvalue weighted by atomic mass is 79.9. The number of hydrogen-bond acceptors (Lipinski definition) is 3. The Bertz CT molecular complexity index is 384. The normalized spacial score (nSPS) is 12.2. The van der Waals surface area contributed by atoms with E-state index in [1.54, 1.807) is 7.11 Å². The summed E-state index contributed by atoms with van der Waals surface area (Å²) >= 11 is 8.47. The molecule has 1 aromatic carbocycles. The first-order valence-electron chi connectivity index (χ1n) is 4.90. The number of benzene rings is 1. The second kappa shape index (κ2) is 6.18. The van der Waals surface area contributed by atoms with Gasteiger partial charge >= 0.3 is 0 Å². The molecule has 0 aliphatic carbocycles. The predicted molar refractivity (Wildman–Crippen MR) is 75.0 cm³/mol. The van der Waals surface area contributed by atoms with E-state index < -0.39 is 0 Å². The van der Waals surface area contributed by atoms with Gasteiger partial charge in [-0.2, -0.15) is 0 Å². The first-order chi connectivity index (χ1) is 7.56. The quantitative estimate of drug-likeness (QED) is 0.821. The van der Waals surface area contributed by atoms with Crippen molar-refractivity contribution in [3.63, 3.8) is 0 Å². The zero-order valence-electron chi connectivity index (χ0n) is 9.29. The minimum Gasteiger partial charge on any atom is -0.389 e. The summed E-state index contributed by atoms with van der Waals surface area (Å²) in [6.45, 7) is 2.66. The Balaban J connectivity index is 2.95. The molecule has 88 valence electrons. The molecule has 3 N–H and O–H groups in total. The number of ether oxygens (including phenoxy) is 1. The van der Waals surface area contributed by atoms with Crippen molar-refractivity contribution < 1.29 is 4.74 Å². The summed E-state index contributed by atoms with van der Waals surface area (Å²) in [6, 6.07) is 6.01. The average Bonchev–Trinajstić information content (AvgIpc) is 2.17. The number of nitrogens with one attached hydrogen (secondary N) is 1. The molecular weight excluding hydrogens is 288 g/mol. The molecule has 0 aliphatic heterocycles. The monoisotopic (exact) mass is 302 g/mol. The third-order valence-corrected chi connectivity index (χ3v) is 2.94. The van der Waals surface area contributed by atoms with E-state index >= 15 is 0 Å². The molecule has 0 radical (unpaired) electrons. The van der Waals surface area contributed by atoms with E-state index in [1.165, 1.54) is 0 Å². The van der Waals surface area contributed by atoms with E-state index in [4.69, 9.17) is 22.7 Å². The van der Waals surface area contributed by atoms with Gasteiger partial charge in [0.1, 0.15) is 4.99 Å². The van der Waals surface area contributed by atoms with Gasteiger partial charge in [0, 0.05) is 28.9 Å². The number of methoxy groups -OCH3 is 1. The van der Waals surface area contributed by atoms with E-state index in [9.17, 15) is 0 Å². The van der Waals surface area contributed by atoms with Gasteiger partial charge in [-0.3, -0.25) is 0 Å². The first kappa shape index (κ1) is 13.4. The maximum absolute atomic E-state index is 5.70. The zero-order chi connectivity index (χ0) is 12.1. The second-order valence-electron chi connectivity index (χ2n) is 3.53. The molecule has 0 saturated carbocycles. The number of thiocarbonyl (C=S) groups is 1. The molecule has 0 aliphatic rings. The van der Waals surface area contributed by atoms with Crippen molar-refractivity contribution in [2.75, 3.05) is 19.0 Å². The van der Waals surface area contributed by atoms with Crippen LogP contribution < -0.4 is 11.1 Å². The minimum absolute atomic E-state index is 0.201. The number of halogens is 1. The minimum atomic E-state index is 0.201. The average molecular weight is 303 g/mol. The van der Waals surface area contributed by atoms with Crippen molar-refractivity contribution in [2.45, 2.75) is 13.0 Å². The zero-order valence-corrected chi connectivity index (χ0v) is 11.7. The van der Waals surface area contributed by atoms with Crippen molar-refractivity contribution in [3.8, 4) is 0 Å². The molecule has 1 aromatic rings. The summed E-state index contributed by atoms with van der Waals surface area (Å²) in [5.41, 5.74) is 7.45. The fraction of sp³-hybridized carbons (Fsp3) is 0.364. The molecular formula is C11H15BrN2OS. The highest BCUT2D eigenvalue weighted by Gasteiger charge is 2.11. The molecule has 3 nitrogen and oxygen atoms in total. The van der Waals surface area contributed by atoms with Gasteiger partial charge in [-0.15, -0.1) is 0 Å². The second-order valence-corrected chi connectivity index (χ2v) is 4.82. The fourth-order valence-electron chi connectivity index (χ4n) is 1.45. The van der Waals surface area contributed by atoms with Crippen LogP contribution in [0.4, 0.5) is 5.69 Å². The molecule has 1 atom stereocenters. The van der Waals surface area contributed by atoms with E-state index in [1.807, 2.05) is 25.1 Å². The summed E-state index contributed by atoms with van der Waals surface area (Å²) < 4.78 is 5.97. The predicted octanol–water partition coefficient (Wildman–Crippen LogP) is 2.53. The maximum Gasteiger partial charge on any atom is 0.107 e. The third kappa shape index (κ3) is 3.43. The Kier molecular flexibility index (Phi) is 5.18. The van der Waals surface area contributed by atoms with Gasteiger partial charge in [0.25, 0.3) is 0 Å². The molecule has 0 fully saturated rings. The topological polar surface area (TPSA) is 47.3 Å². The lowest BCUT2D eigenvalue weighted by molar-refractivity contribution is 0.190. The van der Waals surface area contributed by atoms with Crippen LogP contribution in [0.25, 0.3) is 0 Å². The van der Waals surface area contributed by atoms with E-state index in [0.717, 1.165) is 15.7 Å². The SMILES string of the molecule is COCC(C)Nc1cccc(Br)c1C(N)=S. The van der Waals surface area contributed by atoms with Crippen molar-refractivity contribution in [1.82, 2.24) is 0 Å². The molecule has 1 rings (SSSR count). The van der Waals surface area contributed by atoms with Crippen LogP contribution in [0.1, 0.15) is 12.5 Å². The molecule has 0 heterocycles. The van der Waals surface area contributed by atoms with Crippen molar-refractivity contribution in [1.29, 1.82) is 0 Å².